The third kappa shape index (κ3) is 6.06. The number of sulfonamides is 1. The van der Waals surface area contributed by atoms with Crippen LogP contribution < -0.4 is 14.4 Å². The number of carbonyl (C=O) groups excluding carboxylic acids is 1. The Labute approximate surface area is 200 Å². The highest BCUT2D eigenvalue weighted by atomic mass is 35.5. The number of amides is 1. The second kappa shape index (κ2) is 10.7. The Hall–Kier alpha value is -3.03. The van der Waals surface area contributed by atoms with Crippen molar-refractivity contribution < 1.29 is 17.9 Å². The molecular weight excluding hydrogens is 460 g/mol. The minimum Gasteiger partial charge on any atom is -0.491 e. The summed E-state index contributed by atoms with van der Waals surface area (Å²) in [6.07, 6.45) is 0. The van der Waals surface area contributed by atoms with Crippen LogP contribution in [0.2, 0.25) is 5.02 Å². The first kappa shape index (κ1) is 24.6. The predicted molar refractivity (Wildman–Crippen MR) is 132 cm³/mol. The van der Waals surface area contributed by atoms with Crippen molar-refractivity contribution in [1.82, 2.24) is 5.32 Å². The Kier molecular flexibility index (Phi) is 8.00. The molecule has 1 amide bonds. The summed E-state index contributed by atoms with van der Waals surface area (Å²) in [5.41, 5.74) is 2.86. The Bertz CT molecular complexity index is 1230. The number of nitrogens with one attached hydrogen (secondary N) is 1. The summed E-state index contributed by atoms with van der Waals surface area (Å²) in [4.78, 5) is 12.8. The zero-order valence-electron chi connectivity index (χ0n) is 18.8. The topological polar surface area (TPSA) is 75.7 Å². The van der Waals surface area contributed by atoms with Crippen molar-refractivity contribution in [2.24, 2.45) is 0 Å². The molecule has 0 saturated carbocycles. The van der Waals surface area contributed by atoms with Gasteiger partial charge >= 0.3 is 0 Å². The van der Waals surface area contributed by atoms with Crippen molar-refractivity contribution in [2.75, 3.05) is 24.0 Å². The number of anilines is 1. The van der Waals surface area contributed by atoms with Crippen LogP contribution in [0.15, 0.2) is 71.6 Å². The SMILES string of the molecule is Cc1ccc(S(=O)(=O)N(CC(=O)NCCOc2ccccc2C)c2cccc(Cl)c2C)cc1. The summed E-state index contributed by atoms with van der Waals surface area (Å²) in [6.45, 7) is 5.65. The second-order valence-electron chi connectivity index (χ2n) is 7.67. The van der Waals surface area contributed by atoms with Crippen LogP contribution in [0.3, 0.4) is 0 Å². The van der Waals surface area contributed by atoms with E-state index in [4.69, 9.17) is 16.3 Å². The van der Waals surface area contributed by atoms with Crippen LogP contribution in [0, 0.1) is 20.8 Å². The van der Waals surface area contributed by atoms with E-state index in [2.05, 4.69) is 5.32 Å². The highest BCUT2D eigenvalue weighted by Crippen LogP contribution is 2.30. The molecule has 0 aromatic heterocycles. The van der Waals surface area contributed by atoms with E-state index >= 15 is 0 Å². The van der Waals surface area contributed by atoms with Crippen LogP contribution in [-0.4, -0.2) is 34.0 Å². The number of para-hydroxylation sites is 1. The van der Waals surface area contributed by atoms with Gasteiger partial charge in [0.25, 0.3) is 10.0 Å². The smallest absolute Gasteiger partial charge is 0.264 e. The number of halogens is 1. The Morgan fingerprint density at radius 3 is 2.36 bits per heavy atom. The second-order valence-corrected chi connectivity index (χ2v) is 9.94. The Morgan fingerprint density at radius 2 is 1.67 bits per heavy atom. The zero-order chi connectivity index (χ0) is 24.0. The maximum Gasteiger partial charge on any atom is 0.264 e. The molecule has 0 aliphatic rings. The van der Waals surface area contributed by atoms with E-state index in [0.29, 0.717) is 16.3 Å². The monoisotopic (exact) mass is 486 g/mol. The van der Waals surface area contributed by atoms with Gasteiger partial charge in [-0.2, -0.15) is 0 Å². The fourth-order valence-electron chi connectivity index (χ4n) is 3.26. The number of nitrogens with zero attached hydrogens (tertiary/aromatic N) is 1. The first-order chi connectivity index (χ1) is 15.7. The van der Waals surface area contributed by atoms with Crippen LogP contribution in [0.1, 0.15) is 16.7 Å². The molecule has 0 fully saturated rings. The Balaban J connectivity index is 1.77. The van der Waals surface area contributed by atoms with Gasteiger partial charge < -0.3 is 10.1 Å². The molecule has 6 nitrogen and oxygen atoms in total. The van der Waals surface area contributed by atoms with Gasteiger partial charge in [0.05, 0.1) is 17.1 Å². The highest BCUT2D eigenvalue weighted by Gasteiger charge is 2.28. The molecule has 3 aromatic carbocycles. The lowest BCUT2D eigenvalue weighted by atomic mass is 10.2. The quantitative estimate of drug-likeness (QED) is 0.446. The van der Waals surface area contributed by atoms with Crippen molar-refractivity contribution in [1.29, 1.82) is 0 Å². The number of carbonyl (C=O) groups is 1. The molecule has 0 bridgehead atoms. The van der Waals surface area contributed by atoms with Crippen LogP contribution in [0.25, 0.3) is 0 Å². The molecule has 174 valence electrons. The average Bonchev–Trinajstić information content (AvgIpc) is 2.78. The van der Waals surface area contributed by atoms with E-state index in [0.717, 1.165) is 21.2 Å². The first-order valence-corrected chi connectivity index (χ1v) is 12.3. The molecule has 0 atom stereocenters. The first-order valence-electron chi connectivity index (χ1n) is 10.5. The van der Waals surface area contributed by atoms with Crippen molar-refractivity contribution in [3.63, 3.8) is 0 Å². The van der Waals surface area contributed by atoms with Crippen LogP contribution in [0.5, 0.6) is 5.75 Å². The highest BCUT2D eigenvalue weighted by molar-refractivity contribution is 7.92. The average molecular weight is 487 g/mol. The van der Waals surface area contributed by atoms with Crippen LogP contribution in [0.4, 0.5) is 5.69 Å². The number of benzene rings is 3. The Morgan fingerprint density at radius 1 is 0.970 bits per heavy atom. The molecule has 0 aliphatic carbocycles. The minimum absolute atomic E-state index is 0.100. The molecule has 1 N–H and O–H groups in total. The molecule has 8 heteroatoms. The van der Waals surface area contributed by atoms with Gasteiger partial charge in [-0.25, -0.2) is 8.42 Å². The number of ether oxygens (including phenoxy) is 1. The van der Waals surface area contributed by atoms with E-state index in [1.54, 1.807) is 37.3 Å². The van der Waals surface area contributed by atoms with Gasteiger partial charge in [-0.15, -0.1) is 0 Å². The molecule has 0 aliphatic heterocycles. The summed E-state index contributed by atoms with van der Waals surface area (Å²) >= 11 is 6.25. The van der Waals surface area contributed by atoms with E-state index in [1.807, 2.05) is 38.1 Å². The number of aryl methyl sites for hydroxylation is 2. The largest absolute Gasteiger partial charge is 0.491 e. The van der Waals surface area contributed by atoms with Crippen molar-refractivity contribution >= 4 is 33.2 Å². The number of rotatable bonds is 9. The van der Waals surface area contributed by atoms with Crippen molar-refractivity contribution in [2.45, 2.75) is 25.7 Å². The lowest BCUT2D eigenvalue weighted by Gasteiger charge is -2.26. The summed E-state index contributed by atoms with van der Waals surface area (Å²) in [7, 11) is -4.00. The molecule has 0 unspecified atom stereocenters. The summed E-state index contributed by atoms with van der Waals surface area (Å²) in [5, 5.41) is 3.16. The van der Waals surface area contributed by atoms with Gasteiger partial charge in [0.2, 0.25) is 5.91 Å². The molecule has 0 spiro atoms. The third-order valence-electron chi connectivity index (χ3n) is 5.18. The van der Waals surface area contributed by atoms with Gasteiger partial charge in [0, 0.05) is 5.02 Å². The van der Waals surface area contributed by atoms with Gasteiger partial charge in [-0.3, -0.25) is 9.10 Å². The van der Waals surface area contributed by atoms with E-state index < -0.39 is 15.9 Å². The molecule has 33 heavy (non-hydrogen) atoms. The normalized spacial score (nSPS) is 11.2. The maximum atomic E-state index is 13.5. The summed E-state index contributed by atoms with van der Waals surface area (Å²) < 4.78 is 33.7. The predicted octanol–water partition coefficient (Wildman–Crippen LogP) is 4.66. The fourth-order valence-corrected chi connectivity index (χ4v) is 4.91. The lowest BCUT2D eigenvalue weighted by molar-refractivity contribution is -0.119. The van der Waals surface area contributed by atoms with E-state index in [1.165, 1.54) is 12.1 Å². The molecular formula is C25H27ClN2O4S. The van der Waals surface area contributed by atoms with Crippen molar-refractivity contribution in [3.8, 4) is 5.75 Å². The zero-order valence-corrected chi connectivity index (χ0v) is 20.4. The van der Waals surface area contributed by atoms with E-state index in [-0.39, 0.29) is 24.6 Å². The van der Waals surface area contributed by atoms with Gasteiger partial charge in [0.1, 0.15) is 18.9 Å². The number of hydrogen-bond acceptors (Lipinski definition) is 4. The third-order valence-corrected chi connectivity index (χ3v) is 7.36. The molecule has 3 rings (SSSR count). The molecule has 0 saturated heterocycles. The van der Waals surface area contributed by atoms with Gasteiger partial charge in [0.15, 0.2) is 0 Å². The fraction of sp³-hybridized carbons (Fsp3) is 0.240. The molecule has 0 heterocycles. The molecule has 0 radical (unpaired) electrons. The number of hydrogen-bond donors (Lipinski definition) is 1. The molecule has 3 aromatic rings. The minimum atomic E-state index is -4.00. The summed E-state index contributed by atoms with van der Waals surface area (Å²) in [6, 6.07) is 19.1. The van der Waals surface area contributed by atoms with Crippen LogP contribution >= 0.6 is 11.6 Å². The lowest BCUT2D eigenvalue weighted by Crippen LogP contribution is -2.42. The standard InChI is InChI=1S/C25H27ClN2O4S/c1-18-11-13-21(14-12-18)33(30,31)28(23-9-6-8-22(26)20(23)3)17-25(29)27-15-16-32-24-10-5-4-7-19(24)2/h4-14H,15-17H2,1-3H3,(H,27,29). The van der Waals surface area contributed by atoms with E-state index in [9.17, 15) is 13.2 Å². The van der Waals surface area contributed by atoms with Gasteiger partial charge in [-0.1, -0.05) is 53.6 Å². The summed E-state index contributed by atoms with van der Waals surface area (Å²) in [5.74, 6) is 0.295. The van der Waals surface area contributed by atoms with Gasteiger partial charge in [-0.05, 0) is 62.2 Å². The maximum absolute atomic E-state index is 13.5. The van der Waals surface area contributed by atoms with Crippen molar-refractivity contribution in [3.05, 3.63) is 88.4 Å². The van der Waals surface area contributed by atoms with Crippen LogP contribution in [-0.2, 0) is 14.8 Å².